The number of carbonyl (C=O) groups is 2. The molecule has 7 nitrogen and oxygen atoms in total. The van der Waals surface area contributed by atoms with Crippen LogP contribution in [-0.4, -0.2) is 74.1 Å². The van der Waals surface area contributed by atoms with Crippen molar-refractivity contribution in [2.45, 2.75) is 83.8 Å². The van der Waals surface area contributed by atoms with Crippen molar-refractivity contribution in [3.05, 3.63) is 96.6 Å². The van der Waals surface area contributed by atoms with Crippen molar-refractivity contribution in [1.82, 2.24) is 4.90 Å². The Bertz CT molecular complexity index is 1330. The summed E-state index contributed by atoms with van der Waals surface area (Å²) in [5, 5.41) is 11.8. The average molecular weight is 656 g/mol. The first-order chi connectivity index (χ1) is 21.8. The molecule has 3 rings (SSSR count). The number of nitrogens with zero attached hydrogens (tertiary/aromatic N) is 1. The van der Waals surface area contributed by atoms with E-state index in [1.54, 1.807) is 38.1 Å². The van der Waals surface area contributed by atoms with Gasteiger partial charge in [0.25, 0.3) is 8.32 Å². The minimum absolute atomic E-state index is 0.0181. The molecule has 0 aliphatic carbocycles. The molecule has 0 saturated carbocycles. The molecule has 3 aromatic rings. The first-order valence-corrected chi connectivity index (χ1v) is 17.6. The van der Waals surface area contributed by atoms with Gasteiger partial charge in [-0.15, -0.1) is 0 Å². The molecule has 0 radical (unpaired) electrons. The zero-order valence-electron chi connectivity index (χ0n) is 27.6. The molecule has 3 aromatic carbocycles. The number of rotatable bonds is 16. The molecule has 0 heterocycles. The number of alkyl halides is 2. The average Bonchev–Trinajstić information content (AvgIpc) is 3.04. The number of hydrogen-bond acceptors (Lipinski definition) is 6. The maximum atomic E-state index is 14.9. The van der Waals surface area contributed by atoms with Crippen molar-refractivity contribution in [2.24, 2.45) is 0 Å². The first kappa shape index (κ1) is 37.0. The zero-order chi connectivity index (χ0) is 34.0. The first-order valence-electron chi connectivity index (χ1n) is 15.7. The number of aliphatic hydroxyl groups excluding tert-OH is 1. The van der Waals surface area contributed by atoms with Crippen LogP contribution >= 0.6 is 0 Å². The summed E-state index contributed by atoms with van der Waals surface area (Å²) in [4.78, 5) is 27.9. The minimum atomic E-state index is -4.13. The molecular formula is C36H47F2NO6Si. The van der Waals surface area contributed by atoms with Crippen LogP contribution in [0.2, 0.25) is 5.04 Å². The van der Waals surface area contributed by atoms with Gasteiger partial charge in [0.1, 0.15) is 6.10 Å². The van der Waals surface area contributed by atoms with Gasteiger partial charge >= 0.3 is 12.0 Å². The zero-order valence-corrected chi connectivity index (χ0v) is 28.6. The molecule has 10 heteroatoms. The van der Waals surface area contributed by atoms with E-state index in [4.69, 9.17) is 13.9 Å². The summed E-state index contributed by atoms with van der Waals surface area (Å²) >= 11 is 0. The predicted octanol–water partition coefficient (Wildman–Crippen LogP) is 5.97. The van der Waals surface area contributed by atoms with Crippen LogP contribution in [0.1, 0.15) is 53.5 Å². The quantitative estimate of drug-likeness (QED) is 0.192. The molecule has 250 valence electrons. The number of hydrogen-bond donors (Lipinski definition) is 1. The van der Waals surface area contributed by atoms with Crippen molar-refractivity contribution in [1.29, 1.82) is 0 Å². The molecule has 0 aliphatic rings. The van der Waals surface area contributed by atoms with E-state index < -0.39 is 51.0 Å². The Hall–Kier alpha value is -3.44. The van der Waals surface area contributed by atoms with Crippen LogP contribution in [0.4, 0.5) is 13.6 Å². The van der Waals surface area contributed by atoms with Gasteiger partial charge in [-0.25, -0.2) is 4.79 Å². The van der Waals surface area contributed by atoms with Gasteiger partial charge in [0.15, 0.2) is 6.10 Å². The predicted molar refractivity (Wildman–Crippen MR) is 178 cm³/mol. The Morgan fingerprint density at radius 3 is 1.83 bits per heavy atom. The third kappa shape index (κ3) is 8.88. The molecule has 46 heavy (non-hydrogen) atoms. The number of aliphatic hydroxyl groups is 1. The van der Waals surface area contributed by atoms with Crippen LogP contribution in [0, 0.1) is 0 Å². The molecule has 0 aromatic heterocycles. The van der Waals surface area contributed by atoms with Crippen LogP contribution in [0.5, 0.6) is 0 Å². The van der Waals surface area contributed by atoms with E-state index in [0.717, 1.165) is 15.9 Å². The lowest BCUT2D eigenvalue weighted by atomic mass is 10.0. The van der Waals surface area contributed by atoms with Crippen LogP contribution in [0.3, 0.4) is 0 Å². The molecule has 2 atom stereocenters. The van der Waals surface area contributed by atoms with Crippen LogP contribution < -0.4 is 10.4 Å². The molecule has 0 spiro atoms. The summed E-state index contributed by atoms with van der Waals surface area (Å²) in [6.45, 7) is 10.9. The van der Waals surface area contributed by atoms with Crippen LogP contribution in [-0.2, 0) is 25.3 Å². The van der Waals surface area contributed by atoms with Crippen molar-refractivity contribution in [2.75, 3.05) is 19.8 Å². The topological polar surface area (TPSA) is 85.3 Å². The number of ether oxygens (including phenoxy) is 2. The maximum absolute atomic E-state index is 14.9. The van der Waals surface area contributed by atoms with E-state index in [1.807, 2.05) is 42.5 Å². The third-order valence-electron chi connectivity index (χ3n) is 7.98. The number of Topliss-reactive ketones (excluding diaryl/α,β-unsaturated/α-hetero) is 1. The van der Waals surface area contributed by atoms with E-state index in [0.29, 0.717) is 0 Å². The van der Waals surface area contributed by atoms with Crippen molar-refractivity contribution in [3.63, 3.8) is 0 Å². The fraction of sp³-hybridized carbons (Fsp3) is 0.444. The number of amides is 1. The monoisotopic (exact) mass is 655 g/mol. The lowest BCUT2D eigenvalue weighted by Gasteiger charge is -2.43. The number of ketones is 1. The number of halogens is 2. The second kappa shape index (κ2) is 16.4. The van der Waals surface area contributed by atoms with Gasteiger partial charge in [0, 0.05) is 12.6 Å². The summed E-state index contributed by atoms with van der Waals surface area (Å²) in [5.41, 5.74) is 0.754. The number of benzene rings is 3. The van der Waals surface area contributed by atoms with Crippen LogP contribution in [0.25, 0.3) is 0 Å². The highest BCUT2D eigenvalue weighted by molar-refractivity contribution is 6.99. The van der Waals surface area contributed by atoms with Gasteiger partial charge in [-0.2, -0.15) is 8.78 Å². The largest absolute Gasteiger partial charge is 0.435 e. The second-order valence-corrected chi connectivity index (χ2v) is 16.9. The smallest absolute Gasteiger partial charge is 0.410 e. The standard InChI is InChI=1S/C36H47F2NO6Si/c1-7-32(40)36(37,38)33(41)31(26-43-25-28-17-11-8-12-18-28)45-34(42)39(27(2)3)23-24-44-46(35(4,5)6,29-19-13-9-14-20-29)30-21-15-10-16-22-30/h8-22,27,31-32,40H,7,23-26H2,1-6H3/t31-,32-/m1/s1. The van der Waals surface area contributed by atoms with Gasteiger partial charge in [-0.05, 0) is 41.2 Å². The second-order valence-electron chi connectivity index (χ2n) is 12.6. The van der Waals surface area contributed by atoms with E-state index in [9.17, 15) is 23.5 Å². The van der Waals surface area contributed by atoms with Crippen LogP contribution in [0.15, 0.2) is 91.0 Å². The van der Waals surface area contributed by atoms with Crippen molar-refractivity contribution >= 4 is 30.6 Å². The van der Waals surface area contributed by atoms with Gasteiger partial charge < -0.3 is 23.9 Å². The maximum Gasteiger partial charge on any atom is 0.410 e. The molecule has 0 fully saturated rings. The fourth-order valence-corrected chi connectivity index (χ4v) is 10.0. The van der Waals surface area contributed by atoms with Gasteiger partial charge in [0.2, 0.25) is 5.78 Å². The summed E-state index contributed by atoms with van der Waals surface area (Å²) < 4.78 is 47.8. The van der Waals surface area contributed by atoms with E-state index in [2.05, 4.69) is 45.0 Å². The third-order valence-corrected chi connectivity index (χ3v) is 13.0. The number of carbonyl (C=O) groups excluding carboxylic acids is 2. The Kier molecular flexibility index (Phi) is 13.2. The highest BCUT2D eigenvalue weighted by atomic mass is 28.4. The fourth-order valence-electron chi connectivity index (χ4n) is 5.46. The Labute approximate surface area is 272 Å². The lowest BCUT2D eigenvalue weighted by molar-refractivity contribution is -0.173. The molecule has 0 bridgehead atoms. The van der Waals surface area contributed by atoms with E-state index in [-0.39, 0.29) is 31.2 Å². The highest BCUT2D eigenvalue weighted by Crippen LogP contribution is 2.36. The Balaban J connectivity index is 1.84. The summed E-state index contributed by atoms with van der Waals surface area (Å²) in [6, 6.07) is 28.7. The Morgan fingerprint density at radius 2 is 1.37 bits per heavy atom. The molecule has 0 aliphatic heterocycles. The van der Waals surface area contributed by atoms with Gasteiger partial charge in [-0.1, -0.05) is 119 Å². The molecule has 1 N–H and O–H groups in total. The summed E-state index contributed by atoms with van der Waals surface area (Å²) in [6.07, 6.45) is -5.48. The highest BCUT2D eigenvalue weighted by Gasteiger charge is 2.51. The Morgan fingerprint density at radius 1 is 0.870 bits per heavy atom. The lowest BCUT2D eigenvalue weighted by Crippen LogP contribution is -2.67. The van der Waals surface area contributed by atoms with Crippen molar-refractivity contribution in [3.8, 4) is 0 Å². The molecular weight excluding hydrogens is 608 g/mol. The van der Waals surface area contributed by atoms with Crippen molar-refractivity contribution < 1.29 is 37.4 Å². The SMILES string of the molecule is CC[C@@H](O)C(F)(F)C(=O)[C@@H](COCc1ccccc1)OC(=O)N(CCO[Si](c1ccccc1)(c1ccccc1)C(C)(C)C)C(C)C. The molecule has 1 amide bonds. The molecule has 0 unspecified atom stereocenters. The summed E-state index contributed by atoms with van der Waals surface area (Å²) in [5.74, 6) is -5.85. The summed E-state index contributed by atoms with van der Waals surface area (Å²) in [7, 11) is -2.91. The van der Waals surface area contributed by atoms with Gasteiger partial charge in [0.05, 0.1) is 19.8 Å². The van der Waals surface area contributed by atoms with E-state index in [1.165, 1.54) is 11.8 Å². The molecule has 0 saturated heterocycles. The van der Waals surface area contributed by atoms with E-state index >= 15 is 0 Å². The minimum Gasteiger partial charge on any atom is -0.435 e. The normalized spacial score (nSPS) is 13.7. The van der Waals surface area contributed by atoms with Gasteiger partial charge in [-0.3, -0.25) is 4.79 Å².